The topological polar surface area (TPSA) is 67.3 Å². The zero-order valence-corrected chi connectivity index (χ0v) is 18.8. The highest BCUT2D eigenvalue weighted by atomic mass is 32.1. The number of rotatable bonds is 8. The van der Waals surface area contributed by atoms with Gasteiger partial charge in [-0.05, 0) is 48.9 Å². The molecule has 0 aliphatic carbocycles. The van der Waals surface area contributed by atoms with Gasteiger partial charge in [0.2, 0.25) is 5.01 Å². The predicted octanol–water partition coefficient (Wildman–Crippen LogP) is 5.31. The average molecular weight is 445 g/mol. The predicted molar refractivity (Wildman–Crippen MR) is 128 cm³/mol. The second-order valence-electron chi connectivity index (χ2n) is 7.36. The fraction of sp³-hybridized carbons (Fsp3) is 0.160. The molecule has 4 rings (SSSR count). The Hall–Kier alpha value is -3.71. The molecule has 6 nitrogen and oxygen atoms in total. The van der Waals surface area contributed by atoms with E-state index in [0.29, 0.717) is 17.2 Å². The van der Waals surface area contributed by atoms with Crippen LogP contribution < -0.4 is 15.0 Å². The maximum atomic E-state index is 12.6. The summed E-state index contributed by atoms with van der Waals surface area (Å²) in [5.41, 5.74) is 4.19. The number of benzene rings is 3. The number of aryl methyl sites for hydroxylation is 1. The minimum absolute atomic E-state index is 0.274. The maximum absolute atomic E-state index is 12.6. The number of carbonyl (C=O) groups excluding carboxylic acids is 1. The number of carbonyl (C=O) groups is 1. The molecule has 7 heteroatoms. The van der Waals surface area contributed by atoms with Crippen molar-refractivity contribution >= 4 is 28.6 Å². The molecule has 1 N–H and O–H groups in total. The number of aromatic nitrogens is 2. The third-order valence-corrected chi connectivity index (χ3v) is 5.86. The van der Waals surface area contributed by atoms with Crippen molar-refractivity contribution in [2.24, 2.45) is 0 Å². The van der Waals surface area contributed by atoms with Gasteiger partial charge in [-0.3, -0.25) is 4.79 Å². The van der Waals surface area contributed by atoms with Crippen LogP contribution in [0.15, 0.2) is 78.9 Å². The molecule has 0 unspecified atom stereocenters. The lowest BCUT2D eigenvalue weighted by Crippen LogP contribution is -2.22. The number of nitrogens with one attached hydrogen (secondary N) is 1. The van der Waals surface area contributed by atoms with Crippen LogP contribution in [-0.4, -0.2) is 23.2 Å². The zero-order valence-electron chi connectivity index (χ0n) is 18.0. The standard InChI is InChI=1S/C25H24N4O2S/c1-18-8-12-21(13-9-18)29(16-19-6-4-3-5-7-19)17-23-27-28-25(32-23)24(30)26-20-10-14-22(31-2)15-11-20/h3-15H,16-17H2,1-2H3,(H,26,30). The molecule has 3 aromatic carbocycles. The molecule has 0 fully saturated rings. The molecule has 0 aliphatic heterocycles. The van der Waals surface area contributed by atoms with E-state index in [1.54, 1.807) is 31.4 Å². The molecule has 1 amide bonds. The SMILES string of the molecule is COc1ccc(NC(=O)c2nnc(CN(Cc3ccccc3)c3ccc(C)cc3)s2)cc1. The van der Waals surface area contributed by atoms with Crippen LogP contribution >= 0.6 is 11.3 Å². The molecular weight excluding hydrogens is 420 g/mol. The molecule has 0 aliphatic rings. The van der Waals surface area contributed by atoms with E-state index >= 15 is 0 Å². The molecule has 32 heavy (non-hydrogen) atoms. The molecular formula is C25H24N4O2S. The minimum atomic E-state index is -0.274. The fourth-order valence-corrected chi connectivity index (χ4v) is 3.98. The van der Waals surface area contributed by atoms with Crippen molar-refractivity contribution < 1.29 is 9.53 Å². The van der Waals surface area contributed by atoms with Crippen LogP contribution in [-0.2, 0) is 13.1 Å². The lowest BCUT2D eigenvalue weighted by molar-refractivity contribution is 0.102. The molecule has 0 radical (unpaired) electrons. The smallest absolute Gasteiger partial charge is 0.286 e. The Balaban J connectivity index is 1.48. The maximum Gasteiger partial charge on any atom is 0.286 e. The van der Waals surface area contributed by atoms with Gasteiger partial charge < -0.3 is 15.0 Å². The lowest BCUT2D eigenvalue weighted by atomic mass is 10.1. The Morgan fingerprint density at radius 3 is 2.34 bits per heavy atom. The van der Waals surface area contributed by atoms with Gasteiger partial charge in [0.25, 0.3) is 5.91 Å². The third-order valence-electron chi connectivity index (χ3n) is 4.95. The van der Waals surface area contributed by atoms with E-state index in [2.05, 4.69) is 63.7 Å². The average Bonchev–Trinajstić information content (AvgIpc) is 3.29. The lowest BCUT2D eigenvalue weighted by Gasteiger charge is -2.24. The third kappa shape index (κ3) is 5.50. The van der Waals surface area contributed by atoms with Crippen molar-refractivity contribution in [3.05, 3.63) is 100 Å². The number of hydrogen-bond donors (Lipinski definition) is 1. The van der Waals surface area contributed by atoms with E-state index in [4.69, 9.17) is 4.74 Å². The first-order valence-corrected chi connectivity index (χ1v) is 11.1. The van der Waals surface area contributed by atoms with Crippen LogP contribution in [0.25, 0.3) is 0 Å². The van der Waals surface area contributed by atoms with E-state index in [1.165, 1.54) is 22.5 Å². The molecule has 162 valence electrons. The van der Waals surface area contributed by atoms with E-state index in [0.717, 1.165) is 23.0 Å². The largest absolute Gasteiger partial charge is 0.497 e. The van der Waals surface area contributed by atoms with Crippen LogP contribution in [0.4, 0.5) is 11.4 Å². The van der Waals surface area contributed by atoms with Crippen LogP contribution in [0.1, 0.15) is 25.9 Å². The van der Waals surface area contributed by atoms with E-state index in [1.807, 2.05) is 18.2 Å². The van der Waals surface area contributed by atoms with Gasteiger partial charge in [-0.2, -0.15) is 0 Å². The summed E-state index contributed by atoms with van der Waals surface area (Å²) in [5.74, 6) is 0.458. The highest BCUT2D eigenvalue weighted by Crippen LogP contribution is 2.23. The molecule has 0 bridgehead atoms. The number of hydrogen-bond acceptors (Lipinski definition) is 6. The quantitative estimate of drug-likeness (QED) is 0.399. The summed E-state index contributed by atoms with van der Waals surface area (Å²) in [6, 6.07) is 25.9. The Morgan fingerprint density at radius 1 is 0.938 bits per heavy atom. The van der Waals surface area contributed by atoms with Crippen molar-refractivity contribution in [2.45, 2.75) is 20.0 Å². The molecule has 0 spiro atoms. The zero-order chi connectivity index (χ0) is 22.3. The Morgan fingerprint density at radius 2 is 1.66 bits per heavy atom. The van der Waals surface area contributed by atoms with Gasteiger partial charge in [-0.1, -0.05) is 59.4 Å². The van der Waals surface area contributed by atoms with Gasteiger partial charge in [0.1, 0.15) is 10.8 Å². The minimum Gasteiger partial charge on any atom is -0.497 e. The van der Waals surface area contributed by atoms with Gasteiger partial charge in [0.05, 0.1) is 13.7 Å². The summed E-state index contributed by atoms with van der Waals surface area (Å²) in [6.45, 7) is 3.37. The van der Waals surface area contributed by atoms with Gasteiger partial charge in [-0.15, -0.1) is 10.2 Å². The second-order valence-corrected chi connectivity index (χ2v) is 8.42. The van der Waals surface area contributed by atoms with Gasteiger partial charge in [-0.25, -0.2) is 0 Å². The number of nitrogens with zero attached hydrogens (tertiary/aromatic N) is 3. The van der Waals surface area contributed by atoms with Crippen LogP contribution in [0.3, 0.4) is 0 Å². The van der Waals surface area contributed by atoms with E-state index in [-0.39, 0.29) is 5.91 Å². The van der Waals surface area contributed by atoms with Crippen molar-refractivity contribution in [2.75, 3.05) is 17.3 Å². The van der Waals surface area contributed by atoms with Crippen molar-refractivity contribution in [1.29, 1.82) is 0 Å². The summed E-state index contributed by atoms with van der Waals surface area (Å²) in [6.07, 6.45) is 0. The molecule has 0 saturated carbocycles. The first-order chi connectivity index (χ1) is 15.6. The van der Waals surface area contributed by atoms with Crippen molar-refractivity contribution in [3.63, 3.8) is 0 Å². The van der Waals surface area contributed by atoms with Gasteiger partial charge >= 0.3 is 0 Å². The summed E-state index contributed by atoms with van der Waals surface area (Å²) in [7, 11) is 1.61. The summed E-state index contributed by atoms with van der Waals surface area (Å²) in [5, 5.41) is 12.4. The first kappa shape index (κ1) is 21.5. The number of amides is 1. The molecule has 0 atom stereocenters. The fourth-order valence-electron chi connectivity index (χ4n) is 3.23. The normalized spacial score (nSPS) is 10.6. The van der Waals surface area contributed by atoms with Crippen LogP contribution in [0.2, 0.25) is 0 Å². The number of anilines is 2. The Kier molecular flexibility index (Phi) is 6.77. The second kappa shape index (κ2) is 10.1. The number of methoxy groups -OCH3 is 1. The summed E-state index contributed by atoms with van der Waals surface area (Å²) >= 11 is 1.30. The van der Waals surface area contributed by atoms with E-state index < -0.39 is 0 Å². The number of ether oxygens (including phenoxy) is 1. The highest BCUT2D eigenvalue weighted by molar-refractivity contribution is 7.13. The van der Waals surface area contributed by atoms with Gasteiger partial charge in [0, 0.05) is 17.9 Å². The Labute approximate surface area is 191 Å². The van der Waals surface area contributed by atoms with E-state index in [9.17, 15) is 4.79 Å². The Bertz CT molecular complexity index is 1160. The molecule has 1 aromatic heterocycles. The molecule has 0 saturated heterocycles. The van der Waals surface area contributed by atoms with Crippen LogP contribution in [0, 0.1) is 6.92 Å². The summed E-state index contributed by atoms with van der Waals surface area (Å²) < 4.78 is 5.15. The van der Waals surface area contributed by atoms with Crippen LogP contribution in [0.5, 0.6) is 5.75 Å². The summed E-state index contributed by atoms with van der Waals surface area (Å²) in [4.78, 5) is 14.9. The van der Waals surface area contributed by atoms with Crippen molar-refractivity contribution in [1.82, 2.24) is 10.2 Å². The monoisotopic (exact) mass is 444 g/mol. The highest BCUT2D eigenvalue weighted by Gasteiger charge is 2.16. The molecule has 4 aromatic rings. The molecule has 1 heterocycles. The van der Waals surface area contributed by atoms with Crippen molar-refractivity contribution in [3.8, 4) is 5.75 Å². The van der Waals surface area contributed by atoms with Gasteiger partial charge in [0.15, 0.2) is 0 Å². The first-order valence-electron chi connectivity index (χ1n) is 10.2.